The number of anilines is 1. The molecule has 0 aliphatic rings. The molecular formula is C21H20N2O4S. The summed E-state index contributed by atoms with van der Waals surface area (Å²) < 4.78 is 32.5. The zero-order valence-corrected chi connectivity index (χ0v) is 16.2. The molecule has 3 aromatic rings. The van der Waals surface area contributed by atoms with Crippen molar-refractivity contribution in [2.75, 3.05) is 10.8 Å². The second-order valence-electron chi connectivity index (χ2n) is 5.93. The number of rotatable bonds is 7. The molecular weight excluding hydrogens is 376 g/mol. The minimum Gasteiger partial charge on any atom is -0.456 e. The highest BCUT2D eigenvalue weighted by Gasteiger charge is 2.23. The second kappa shape index (κ2) is 8.67. The number of carbonyl (C=O) groups excluding carboxylic acids is 1. The van der Waals surface area contributed by atoms with Crippen LogP contribution in [-0.2, 0) is 21.4 Å². The lowest BCUT2D eigenvalue weighted by atomic mass is 10.2. The van der Waals surface area contributed by atoms with E-state index in [2.05, 4.69) is 4.98 Å². The van der Waals surface area contributed by atoms with Crippen LogP contribution in [0.5, 0.6) is 0 Å². The number of carbonyl (C=O) groups is 1. The quantitative estimate of drug-likeness (QED) is 0.570. The molecule has 6 nitrogen and oxygen atoms in total. The number of hydrogen-bond acceptors (Lipinski definition) is 5. The topological polar surface area (TPSA) is 76.6 Å². The molecule has 1 aromatic heterocycles. The molecule has 2 aromatic carbocycles. The van der Waals surface area contributed by atoms with Crippen LogP contribution in [0.3, 0.4) is 0 Å². The molecule has 0 saturated carbocycles. The summed E-state index contributed by atoms with van der Waals surface area (Å²) in [5, 5.41) is 0. The van der Waals surface area contributed by atoms with E-state index in [4.69, 9.17) is 4.74 Å². The van der Waals surface area contributed by atoms with Crippen molar-refractivity contribution < 1.29 is 17.9 Å². The van der Waals surface area contributed by atoms with Crippen molar-refractivity contribution >= 4 is 21.7 Å². The standard InChI is InChI=1S/C21H20N2O4S/c1-2-23(19-9-4-3-5-10-19)28(25,26)20-13-11-17(12-14-20)21(24)27-16-18-8-6-7-15-22-18/h3-15H,2,16H2,1H3. The third-order valence-electron chi connectivity index (χ3n) is 4.09. The average Bonchev–Trinajstić information content (AvgIpc) is 2.74. The van der Waals surface area contributed by atoms with Crippen LogP contribution in [0.15, 0.2) is 83.9 Å². The Hall–Kier alpha value is -3.19. The highest BCUT2D eigenvalue weighted by atomic mass is 32.2. The van der Waals surface area contributed by atoms with Gasteiger partial charge in [-0.2, -0.15) is 0 Å². The fourth-order valence-corrected chi connectivity index (χ4v) is 4.16. The van der Waals surface area contributed by atoms with Crippen LogP contribution >= 0.6 is 0 Å². The van der Waals surface area contributed by atoms with Crippen LogP contribution in [0, 0.1) is 0 Å². The van der Waals surface area contributed by atoms with E-state index in [9.17, 15) is 13.2 Å². The van der Waals surface area contributed by atoms with Gasteiger partial charge < -0.3 is 4.74 Å². The summed E-state index contributed by atoms with van der Waals surface area (Å²) in [6, 6.07) is 20.0. The fraction of sp³-hybridized carbons (Fsp3) is 0.143. The summed E-state index contributed by atoms with van der Waals surface area (Å²) in [4.78, 5) is 16.4. The molecule has 28 heavy (non-hydrogen) atoms. The fourth-order valence-electron chi connectivity index (χ4n) is 2.68. The van der Waals surface area contributed by atoms with E-state index in [0.717, 1.165) is 0 Å². The maximum absolute atomic E-state index is 13.0. The predicted octanol–water partition coefficient (Wildman–Crippen LogP) is 3.65. The summed E-state index contributed by atoms with van der Waals surface area (Å²) in [5.41, 5.74) is 1.50. The van der Waals surface area contributed by atoms with E-state index in [1.165, 1.54) is 28.6 Å². The molecule has 0 spiro atoms. The van der Waals surface area contributed by atoms with E-state index in [0.29, 0.717) is 17.9 Å². The van der Waals surface area contributed by atoms with Gasteiger partial charge in [0.05, 0.1) is 21.8 Å². The largest absolute Gasteiger partial charge is 0.456 e. The Morgan fingerprint density at radius 2 is 1.64 bits per heavy atom. The van der Waals surface area contributed by atoms with Gasteiger partial charge in [0.1, 0.15) is 6.61 Å². The van der Waals surface area contributed by atoms with Crippen molar-refractivity contribution in [2.45, 2.75) is 18.4 Å². The third kappa shape index (κ3) is 4.37. The number of hydrogen-bond donors (Lipinski definition) is 0. The van der Waals surface area contributed by atoms with Gasteiger partial charge in [0.25, 0.3) is 10.0 Å². The molecule has 0 N–H and O–H groups in total. The highest BCUT2D eigenvalue weighted by Crippen LogP contribution is 2.23. The van der Waals surface area contributed by atoms with Gasteiger partial charge in [-0.1, -0.05) is 24.3 Å². The Labute approximate surface area is 164 Å². The molecule has 3 rings (SSSR count). The SMILES string of the molecule is CCN(c1ccccc1)S(=O)(=O)c1ccc(C(=O)OCc2ccccn2)cc1. The van der Waals surface area contributed by atoms with Gasteiger partial charge in [-0.15, -0.1) is 0 Å². The van der Waals surface area contributed by atoms with Crippen molar-refractivity contribution in [3.05, 3.63) is 90.3 Å². The zero-order valence-electron chi connectivity index (χ0n) is 15.4. The Kier molecular flexibility index (Phi) is 6.06. The van der Waals surface area contributed by atoms with E-state index >= 15 is 0 Å². The lowest BCUT2D eigenvalue weighted by Crippen LogP contribution is -2.30. The van der Waals surface area contributed by atoms with Gasteiger partial charge in [-0.3, -0.25) is 9.29 Å². The molecule has 0 aliphatic heterocycles. The highest BCUT2D eigenvalue weighted by molar-refractivity contribution is 7.92. The monoisotopic (exact) mass is 396 g/mol. The van der Waals surface area contributed by atoms with Crippen LogP contribution in [0.4, 0.5) is 5.69 Å². The van der Waals surface area contributed by atoms with Crippen molar-refractivity contribution in [1.82, 2.24) is 4.98 Å². The van der Waals surface area contributed by atoms with Crippen molar-refractivity contribution in [3.8, 4) is 0 Å². The van der Waals surface area contributed by atoms with Crippen molar-refractivity contribution in [2.24, 2.45) is 0 Å². The lowest BCUT2D eigenvalue weighted by Gasteiger charge is -2.22. The van der Waals surface area contributed by atoms with Gasteiger partial charge in [0, 0.05) is 12.7 Å². The van der Waals surface area contributed by atoms with Gasteiger partial charge in [-0.05, 0) is 55.5 Å². The summed E-state index contributed by atoms with van der Waals surface area (Å²) >= 11 is 0. The van der Waals surface area contributed by atoms with Crippen LogP contribution < -0.4 is 4.31 Å². The van der Waals surface area contributed by atoms with Crippen LogP contribution in [0.1, 0.15) is 23.0 Å². The van der Waals surface area contributed by atoms with E-state index in [1.807, 2.05) is 12.1 Å². The van der Waals surface area contributed by atoms with Gasteiger partial charge in [0.15, 0.2) is 0 Å². The minimum atomic E-state index is -3.73. The molecule has 144 valence electrons. The summed E-state index contributed by atoms with van der Waals surface area (Å²) in [6.45, 7) is 2.12. The number of sulfonamides is 1. The van der Waals surface area contributed by atoms with Gasteiger partial charge >= 0.3 is 5.97 Å². The summed E-state index contributed by atoms with van der Waals surface area (Å²) in [7, 11) is -3.73. The Bertz CT molecular complexity index is 1020. The van der Waals surface area contributed by atoms with Crippen molar-refractivity contribution in [3.63, 3.8) is 0 Å². The number of aromatic nitrogens is 1. The van der Waals surface area contributed by atoms with Crippen LogP contribution in [-0.4, -0.2) is 25.9 Å². The molecule has 0 atom stereocenters. The maximum atomic E-state index is 13.0. The number of benzene rings is 2. The first-order valence-corrected chi connectivity index (χ1v) is 10.2. The molecule has 0 unspecified atom stereocenters. The molecule has 0 aliphatic carbocycles. The van der Waals surface area contributed by atoms with E-state index in [1.54, 1.807) is 49.5 Å². The summed E-state index contributed by atoms with van der Waals surface area (Å²) in [6.07, 6.45) is 1.62. The first kappa shape index (κ1) is 19.6. The summed E-state index contributed by atoms with van der Waals surface area (Å²) in [5.74, 6) is -0.537. The number of ether oxygens (including phenoxy) is 1. The Morgan fingerprint density at radius 3 is 2.25 bits per heavy atom. The van der Waals surface area contributed by atoms with Gasteiger partial charge in [0.2, 0.25) is 0 Å². The molecule has 0 radical (unpaired) electrons. The number of esters is 1. The normalized spacial score (nSPS) is 11.0. The van der Waals surface area contributed by atoms with E-state index in [-0.39, 0.29) is 17.1 Å². The second-order valence-corrected chi connectivity index (χ2v) is 7.79. The minimum absolute atomic E-state index is 0.0529. The number of pyridine rings is 1. The van der Waals surface area contributed by atoms with E-state index < -0.39 is 16.0 Å². The maximum Gasteiger partial charge on any atom is 0.338 e. The molecule has 7 heteroatoms. The lowest BCUT2D eigenvalue weighted by molar-refractivity contribution is 0.0467. The Balaban J connectivity index is 1.74. The molecule has 1 heterocycles. The number of para-hydroxylation sites is 1. The number of nitrogens with zero attached hydrogens (tertiary/aromatic N) is 2. The zero-order chi connectivity index (χ0) is 20.0. The molecule has 0 fully saturated rings. The van der Waals surface area contributed by atoms with Gasteiger partial charge in [-0.25, -0.2) is 13.2 Å². The predicted molar refractivity (Wildman–Crippen MR) is 106 cm³/mol. The van der Waals surface area contributed by atoms with Crippen molar-refractivity contribution in [1.29, 1.82) is 0 Å². The first-order valence-electron chi connectivity index (χ1n) is 8.77. The smallest absolute Gasteiger partial charge is 0.338 e. The van der Waals surface area contributed by atoms with Crippen LogP contribution in [0.25, 0.3) is 0 Å². The molecule has 0 amide bonds. The first-order chi connectivity index (χ1) is 13.5. The molecule has 0 saturated heterocycles. The average molecular weight is 396 g/mol. The van der Waals surface area contributed by atoms with Crippen LogP contribution in [0.2, 0.25) is 0 Å². The molecule has 0 bridgehead atoms. The Morgan fingerprint density at radius 1 is 0.964 bits per heavy atom. The third-order valence-corrected chi connectivity index (χ3v) is 6.00.